The molecule has 1 amide bonds. The van der Waals surface area contributed by atoms with Crippen molar-refractivity contribution < 1.29 is 19.1 Å². The van der Waals surface area contributed by atoms with Crippen molar-refractivity contribution in [2.45, 2.75) is 13.0 Å². The summed E-state index contributed by atoms with van der Waals surface area (Å²) in [5, 5.41) is 11.9. The molecule has 2 aromatic carbocycles. The average Bonchev–Trinajstić information content (AvgIpc) is 2.60. The molecule has 25 heavy (non-hydrogen) atoms. The minimum Gasteiger partial charge on any atom is -0.482 e. The zero-order chi connectivity index (χ0) is 18.2. The normalized spacial score (nSPS) is 11.1. The van der Waals surface area contributed by atoms with Gasteiger partial charge in [-0.15, -0.1) is 0 Å². The molecule has 0 saturated carbocycles. The standard InChI is InChI=1S/C18H15ClN2O4/c1-12(18(23)21-15-6-2-4-13(8-15)10-20)25-17(22)11-24-16-7-3-5-14(19)9-16/h2-9,12H,11H2,1H3,(H,21,23). The summed E-state index contributed by atoms with van der Waals surface area (Å²) in [5.41, 5.74) is 0.861. The van der Waals surface area contributed by atoms with Crippen LogP contribution in [0, 0.1) is 11.3 Å². The summed E-state index contributed by atoms with van der Waals surface area (Å²) in [6.07, 6.45) is -1.01. The predicted octanol–water partition coefficient (Wildman–Crippen LogP) is 3.16. The fraction of sp³-hybridized carbons (Fsp3) is 0.167. The van der Waals surface area contributed by atoms with Crippen LogP contribution in [0.2, 0.25) is 5.02 Å². The zero-order valence-corrected chi connectivity index (χ0v) is 14.1. The van der Waals surface area contributed by atoms with Crippen LogP contribution in [0.15, 0.2) is 48.5 Å². The van der Waals surface area contributed by atoms with Crippen molar-refractivity contribution in [3.63, 3.8) is 0 Å². The predicted molar refractivity (Wildman–Crippen MR) is 92.3 cm³/mol. The molecule has 1 atom stereocenters. The maximum Gasteiger partial charge on any atom is 0.344 e. The number of esters is 1. The van der Waals surface area contributed by atoms with Crippen molar-refractivity contribution in [1.82, 2.24) is 0 Å². The van der Waals surface area contributed by atoms with Crippen molar-refractivity contribution in [2.24, 2.45) is 0 Å². The summed E-state index contributed by atoms with van der Waals surface area (Å²) >= 11 is 5.82. The van der Waals surface area contributed by atoms with E-state index in [2.05, 4.69) is 5.32 Å². The van der Waals surface area contributed by atoms with Crippen LogP contribution in [0.5, 0.6) is 5.75 Å². The second-order valence-electron chi connectivity index (χ2n) is 5.06. The van der Waals surface area contributed by atoms with E-state index in [0.717, 1.165) is 0 Å². The van der Waals surface area contributed by atoms with Crippen LogP contribution in [0.25, 0.3) is 0 Å². The highest BCUT2D eigenvalue weighted by Crippen LogP contribution is 2.17. The van der Waals surface area contributed by atoms with Crippen LogP contribution in [0.3, 0.4) is 0 Å². The first kappa shape index (κ1) is 18.3. The largest absolute Gasteiger partial charge is 0.482 e. The Bertz CT molecular complexity index is 817. The minimum absolute atomic E-state index is 0.345. The number of nitrogens with zero attached hydrogens (tertiary/aromatic N) is 1. The number of carbonyl (C=O) groups excluding carboxylic acids is 2. The van der Waals surface area contributed by atoms with Crippen molar-refractivity contribution in [3.05, 3.63) is 59.1 Å². The van der Waals surface area contributed by atoms with E-state index in [-0.39, 0.29) is 6.61 Å². The molecule has 6 nitrogen and oxygen atoms in total. The van der Waals surface area contributed by atoms with Crippen LogP contribution in [-0.4, -0.2) is 24.6 Å². The molecular weight excluding hydrogens is 344 g/mol. The first-order chi connectivity index (χ1) is 12.0. The summed E-state index contributed by atoms with van der Waals surface area (Å²) in [5.74, 6) is -0.769. The van der Waals surface area contributed by atoms with E-state index >= 15 is 0 Å². The van der Waals surface area contributed by atoms with Gasteiger partial charge in [-0.25, -0.2) is 4.79 Å². The highest BCUT2D eigenvalue weighted by atomic mass is 35.5. The summed E-state index contributed by atoms with van der Waals surface area (Å²) in [6.45, 7) is 1.10. The lowest BCUT2D eigenvalue weighted by Gasteiger charge is -2.14. The van der Waals surface area contributed by atoms with E-state index in [4.69, 9.17) is 26.3 Å². The summed E-state index contributed by atoms with van der Waals surface area (Å²) < 4.78 is 10.3. The van der Waals surface area contributed by atoms with E-state index in [1.165, 1.54) is 13.0 Å². The molecule has 2 aromatic rings. The fourth-order valence-corrected chi connectivity index (χ4v) is 2.07. The van der Waals surface area contributed by atoms with Crippen LogP contribution < -0.4 is 10.1 Å². The van der Waals surface area contributed by atoms with Crippen LogP contribution >= 0.6 is 11.6 Å². The topological polar surface area (TPSA) is 88.4 Å². The third-order valence-corrected chi connectivity index (χ3v) is 3.32. The first-order valence-corrected chi connectivity index (χ1v) is 7.74. The molecule has 0 saturated heterocycles. The first-order valence-electron chi connectivity index (χ1n) is 7.37. The molecule has 0 aliphatic rings. The highest BCUT2D eigenvalue weighted by Gasteiger charge is 2.18. The lowest BCUT2D eigenvalue weighted by atomic mass is 10.2. The molecule has 0 aliphatic carbocycles. The van der Waals surface area contributed by atoms with Gasteiger partial charge in [-0.05, 0) is 43.3 Å². The Labute approximate surface area is 149 Å². The van der Waals surface area contributed by atoms with Gasteiger partial charge >= 0.3 is 5.97 Å². The molecule has 1 N–H and O–H groups in total. The van der Waals surface area contributed by atoms with Crippen molar-refractivity contribution >= 4 is 29.2 Å². The Morgan fingerprint density at radius 2 is 2.00 bits per heavy atom. The highest BCUT2D eigenvalue weighted by molar-refractivity contribution is 6.30. The molecule has 0 bridgehead atoms. The van der Waals surface area contributed by atoms with Gasteiger partial charge in [-0.3, -0.25) is 4.79 Å². The molecule has 0 fully saturated rings. The van der Waals surface area contributed by atoms with E-state index in [9.17, 15) is 9.59 Å². The number of rotatable bonds is 6. The summed E-state index contributed by atoms with van der Waals surface area (Å²) in [4.78, 5) is 23.8. The number of ether oxygens (including phenoxy) is 2. The number of amides is 1. The van der Waals surface area contributed by atoms with Gasteiger partial charge in [0.1, 0.15) is 5.75 Å². The third-order valence-electron chi connectivity index (χ3n) is 3.09. The van der Waals surface area contributed by atoms with E-state index in [0.29, 0.717) is 22.0 Å². The molecular formula is C18H15ClN2O4. The lowest BCUT2D eigenvalue weighted by Crippen LogP contribution is -2.31. The van der Waals surface area contributed by atoms with Gasteiger partial charge in [0.2, 0.25) is 0 Å². The molecule has 0 heterocycles. The van der Waals surface area contributed by atoms with Gasteiger partial charge in [-0.2, -0.15) is 5.26 Å². The number of anilines is 1. The smallest absolute Gasteiger partial charge is 0.344 e. The van der Waals surface area contributed by atoms with Crippen molar-refractivity contribution in [1.29, 1.82) is 5.26 Å². The number of halogens is 1. The number of hydrogen-bond donors (Lipinski definition) is 1. The number of nitriles is 1. The molecule has 0 aromatic heterocycles. The zero-order valence-electron chi connectivity index (χ0n) is 13.4. The number of nitrogens with one attached hydrogen (secondary N) is 1. The monoisotopic (exact) mass is 358 g/mol. The summed E-state index contributed by atoms with van der Waals surface area (Å²) in [7, 11) is 0. The van der Waals surface area contributed by atoms with Gasteiger partial charge in [0, 0.05) is 10.7 Å². The second-order valence-corrected chi connectivity index (χ2v) is 5.50. The van der Waals surface area contributed by atoms with Gasteiger partial charge in [0.05, 0.1) is 11.6 Å². The van der Waals surface area contributed by atoms with Gasteiger partial charge in [-0.1, -0.05) is 23.7 Å². The molecule has 128 valence electrons. The van der Waals surface area contributed by atoms with E-state index in [1.807, 2.05) is 6.07 Å². The van der Waals surface area contributed by atoms with E-state index < -0.39 is 18.0 Å². The fourth-order valence-electron chi connectivity index (χ4n) is 1.89. The van der Waals surface area contributed by atoms with Crippen LogP contribution in [0.1, 0.15) is 12.5 Å². The van der Waals surface area contributed by atoms with Crippen LogP contribution in [0.4, 0.5) is 5.69 Å². The second kappa shape index (κ2) is 8.71. The molecule has 1 unspecified atom stereocenters. The van der Waals surface area contributed by atoms with Gasteiger partial charge < -0.3 is 14.8 Å². The number of carbonyl (C=O) groups is 2. The molecule has 0 spiro atoms. The Kier molecular flexibility index (Phi) is 6.38. The minimum atomic E-state index is -1.01. The number of hydrogen-bond acceptors (Lipinski definition) is 5. The lowest BCUT2D eigenvalue weighted by molar-refractivity contribution is -0.155. The molecule has 7 heteroatoms. The average molecular weight is 359 g/mol. The molecule has 0 radical (unpaired) electrons. The van der Waals surface area contributed by atoms with Gasteiger partial charge in [0.15, 0.2) is 12.7 Å². The molecule has 2 rings (SSSR count). The van der Waals surface area contributed by atoms with E-state index in [1.54, 1.807) is 42.5 Å². The Morgan fingerprint density at radius 3 is 2.72 bits per heavy atom. The molecule has 0 aliphatic heterocycles. The summed E-state index contributed by atoms with van der Waals surface area (Å²) in [6, 6.07) is 15.0. The maximum atomic E-state index is 12.0. The SMILES string of the molecule is CC(OC(=O)COc1cccc(Cl)c1)C(=O)Nc1cccc(C#N)c1. The Balaban J connectivity index is 1.83. The van der Waals surface area contributed by atoms with Gasteiger partial charge in [0.25, 0.3) is 5.91 Å². The quantitative estimate of drug-likeness (QED) is 0.801. The van der Waals surface area contributed by atoms with Crippen molar-refractivity contribution in [3.8, 4) is 11.8 Å². The Morgan fingerprint density at radius 1 is 1.24 bits per heavy atom. The number of benzene rings is 2. The van der Waals surface area contributed by atoms with Crippen molar-refractivity contribution in [2.75, 3.05) is 11.9 Å². The third kappa shape index (κ3) is 5.83. The van der Waals surface area contributed by atoms with Crippen LogP contribution in [-0.2, 0) is 14.3 Å². The Hall–Kier alpha value is -3.04. The maximum absolute atomic E-state index is 12.0.